The topological polar surface area (TPSA) is 37.3 Å². The molecule has 0 amide bonds. The summed E-state index contributed by atoms with van der Waals surface area (Å²) in [7, 11) is 0. The van der Waals surface area contributed by atoms with Crippen molar-refractivity contribution >= 4 is 5.78 Å². The summed E-state index contributed by atoms with van der Waals surface area (Å²) in [4.78, 5) is 12.2. The highest BCUT2D eigenvalue weighted by Gasteiger charge is 2.25. The summed E-state index contributed by atoms with van der Waals surface area (Å²) in [5, 5.41) is 8.94. The summed E-state index contributed by atoms with van der Waals surface area (Å²) in [5.74, 6) is 0.525. The highest BCUT2D eigenvalue weighted by atomic mass is 16.2. The fraction of sp³-hybridized carbons (Fsp3) is 0.278. The monoisotopic (exact) mass is 266 g/mol. The zero-order valence-electron chi connectivity index (χ0n) is 11.4. The van der Waals surface area contributed by atoms with Gasteiger partial charge < -0.3 is 5.11 Å². The van der Waals surface area contributed by atoms with Crippen molar-refractivity contribution in [1.82, 2.24) is 0 Å². The lowest BCUT2D eigenvalue weighted by Crippen LogP contribution is -2.18. The Bertz CT molecular complexity index is 614. The minimum absolute atomic E-state index is 0.175. The van der Waals surface area contributed by atoms with E-state index in [9.17, 15) is 4.79 Å². The van der Waals surface area contributed by atoms with Gasteiger partial charge >= 0.3 is 0 Å². The van der Waals surface area contributed by atoms with E-state index in [1.165, 1.54) is 5.56 Å². The van der Waals surface area contributed by atoms with E-state index >= 15 is 0 Å². The van der Waals surface area contributed by atoms with Gasteiger partial charge in [-0.15, -0.1) is 0 Å². The molecule has 1 aliphatic rings. The molecule has 0 fully saturated rings. The first kappa shape index (κ1) is 13.1. The number of carbonyl (C=O) groups excluding carboxylic acids is 1. The third-order valence-electron chi connectivity index (χ3n) is 4.07. The molecule has 0 spiro atoms. The van der Waals surface area contributed by atoms with Crippen LogP contribution in [0.2, 0.25) is 0 Å². The number of fused-ring (bicyclic) bond motifs is 1. The molecule has 2 nitrogen and oxygen atoms in total. The van der Waals surface area contributed by atoms with Crippen LogP contribution < -0.4 is 0 Å². The molecule has 1 N–H and O–H groups in total. The van der Waals surface area contributed by atoms with E-state index in [0.29, 0.717) is 12.8 Å². The Labute approximate surface area is 119 Å². The second-order valence-electron chi connectivity index (χ2n) is 5.40. The van der Waals surface area contributed by atoms with E-state index in [1.54, 1.807) is 0 Å². The molecule has 1 unspecified atom stereocenters. The van der Waals surface area contributed by atoms with Gasteiger partial charge in [0, 0.05) is 18.6 Å². The van der Waals surface area contributed by atoms with Gasteiger partial charge in [-0.05, 0) is 35.4 Å². The van der Waals surface area contributed by atoms with Gasteiger partial charge in [0.05, 0.1) is 0 Å². The average Bonchev–Trinajstić information content (AvgIpc) is 2.48. The summed E-state index contributed by atoms with van der Waals surface area (Å²) in [6.07, 6.45) is 2.21. The fourth-order valence-electron chi connectivity index (χ4n) is 2.96. The van der Waals surface area contributed by atoms with Crippen molar-refractivity contribution in [2.24, 2.45) is 0 Å². The van der Waals surface area contributed by atoms with Gasteiger partial charge in [-0.2, -0.15) is 0 Å². The van der Waals surface area contributed by atoms with E-state index in [4.69, 9.17) is 5.11 Å². The second kappa shape index (κ2) is 5.59. The maximum Gasteiger partial charge on any atom is 0.163 e. The summed E-state index contributed by atoms with van der Waals surface area (Å²) < 4.78 is 0. The highest BCUT2D eigenvalue weighted by Crippen LogP contribution is 2.32. The fourth-order valence-corrected chi connectivity index (χ4v) is 2.96. The first-order valence-corrected chi connectivity index (χ1v) is 7.08. The molecule has 0 saturated carbocycles. The molecule has 20 heavy (non-hydrogen) atoms. The quantitative estimate of drug-likeness (QED) is 0.926. The van der Waals surface area contributed by atoms with Crippen LogP contribution >= 0.6 is 0 Å². The third kappa shape index (κ3) is 2.52. The molecule has 0 aliphatic heterocycles. The number of ketones is 1. The Balaban J connectivity index is 1.84. The molecule has 1 aliphatic carbocycles. The first-order chi connectivity index (χ1) is 9.78. The molecule has 0 aromatic heterocycles. The van der Waals surface area contributed by atoms with E-state index in [1.807, 2.05) is 18.2 Å². The molecule has 0 radical (unpaired) electrons. The predicted molar refractivity (Wildman–Crippen MR) is 79.1 cm³/mol. The van der Waals surface area contributed by atoms with Crippen molar-refractivity contribution in [3.8, 4) is 0 Å². The maximum atomic E-state index is 12.2. The molecule has 102 valence electrons. The minimum atomic E-state index is 0.175. The Morgan fingerprint density at radius 2 is 1.75 bits per heavy atom. The van der Waals surface area contributed by atoms with Gasteiger partial charge in [-0.3, -0.25) is 4.79 Å². The lowest BCUT2D eigenvalue weighted by Gasteiger charge is -2.24. The number of hydrogen-bond donors (Lipinski definition) is 1. The van der Waals surface area contributed by atoms with Crippen LogP contribution in [-0.4, -0.2) is 17.5 Å². The molecule has 0 bridgehead atoms. The van der Waals surface area contributed by atoms with E-state index in [2.05, 4.69) is 30.3 Å². The Morgan fingerprint density at radius 1 is 1.00 bits per heavy atom. The van der Waals surface area contributed by atoms with Gasteiger partial charge in [-0.25, -0.2) is 0 Å². The molecular weight excluding hydrogens is 248 g/mol. The van der Waals surface area contributed by atoms with Gasteiger partial charge in [0.25, 0.3) is 0 Å². The van der Waals surface area contributed by atoms with Gasteiger partial charge in [-0.1, -0.05) is 48.5 Å². The average molecular weight is 266 g/mol. The van der Waals surface area contributed by atoms with Crippen LogP contribution in [0.3, 0.4) is 0 Å². The van der Waals surface area contributed by atoms with E-state index in [0.717, 1.165) is 23.1 Å². The van der Waals surface area contributed by atoms with E-state index in [-0.39, 0.29) is 18.3 Å². The number of hydrogen-bond acceptors (Lipinski definition) is 2. The minimum Gasteiger partial charge on any atom is -0.396 e. The van der Waals surface area contributed by atoms with Crippen LogP contribution in [0, 0.1) is 0 Å². The molecule has 0 saturated heterocycles. The molecule has 2 aromatic carbocycles. The lowest BCUT2D eigenvalue weighted by molar-refractivity contribution is 0.0964. The number of rotatable bonds is 3. The third-order valence-corrected chi connectivity index (χ3v) is 4.07. The molecule has 3 rings (SSSR count). The molecule has 0 heterocycles. The molecular formula is C18H18O2. The summed E-state index contributed by atoms with van der Waals surface area (Å²) in [6.45, 7) is 0.175. The van der Waals surface area contributed by atoms with Crippen LogP contribution in [0.1, 0.15) is 39.4 Å². The Morgan fingerprint density at radius 3 is 2.50 bits per heavy atom. The summed E-state index contributed by atoms with van der Waals surface area (Å²) in [5.41, 5.74) is 4.40. The second-order valence-corrected chi connectivity index (χ2v) is 5.40. The summed E-state index contributed by atoms with van der Waals surface area (Å²) >= 11 is 0. The van der Waals surface area contributed by atoms with Crippen molar-refractivity contribution in [2.75, 3.05) is 6.61 Å². The molecule has 1 atom stereocenters. The number of carbonyl (C=O) groups is 1. The van der Waals surface area contributed by atoms with Crippen molar-refractivity contribution in [2.45, 2.75) is 25.2 Å². The lowest BCUT2D eigenvalue weighted by atomic mass is 9.79. The Hall–Kier alpha value is -1.93. The van der Waals surface area contributed by atoms with Crippen LogP contribution in [-0.2, 0) is 12.8 Å². The first-order valence-electron chi connectivity index (χ1n) is 7.08. The SMILES string of the molecule is O=C1CC(c2ccc(CCO)cc2)Cc2ccccc21. The van der Waals surface area contributed by atoms with Crippen molar-refractivity contribution in [3.63, 3.8) is 0 Å². The largest absolute Gasteiger partial charge is 0.396 e. The highest BCUT2D eigenvalue weighted by molar-refractivity contribution is 5.99. The molecule has 2 heteroatoms. The van der Waals surface area contributed by atoms with Gasteiger partial charge in [0.15, 0.2) is 5.78 Å². The molecule has 2 aromatic rings. The smallest absolute Gasteiger partial charge is 0.163 e. The maximum absolute atomic E-state index is 12.2. The van der Waals surface area contributed by atoms with Crippen molar-refractivity contribution in [1.29, 1.82) is 0 Å². The Kier molecular flexibility index (Phi) is 3.66. The van der Waals surface area contributed by atoms with E-state index < -0.39 is 0 Å². The zero-order chi connectivity index (χ0) is 13.9. The summed E-state index contributed by atoms with van der Waals surface area (Å²) in [6, 6.07) is 16.2. The number of aliphatic hydroxyl groups excluding tert-OH is 1. The van der Waals surface area contributed by atoms with Crippen molar-refractivity contribution < 1.29 is 9.90 Å². The number of aliphatic hydroxyl groups is 1. The van der Waals surface area contributed by atoms with Crippen LogP contribution in [0.4, 0.5) is 0 Å². The number of Topliss-reactive ketones (excluding diaryl/α,β-unsaturated/α-hetero) is 1. The predicted octanol–water partition coefficient (Wildman–Crippen LogP) is 3.13. The van der Waals surface area contributed by atoms with Crippen LogP contribution in [0.5, 0.6) is 0 Å². The van der Waals surface area contributed by atoms with Crippen molar-refractivity contribution in [3.05, 3.63) is 70.8 Å². The van der Waals surface area contributed by atoms with Gasteiger partial charge in [0.2, 0.25) is 0 Å². The standard InChI is InChI=1S/C18H18O2/c19-10-9-13-5-7-14(8-6-13)16-11-15-3-1-2-4-17(15)18(20)12-16/h1-8,16,19H,9-12H2. The van der Waals surface area contributed by atoms with Crippen LogP contribution in [0.15, 0.2) is 48.5 Å². The zero-order valence-corrected chi connectivity index (χ0v) is 11.4. The normalized spacial score (nSPS) is 17.9. The number of benzene rings is 2. The van der Waals surface area contributed by atoms with Crippen LogP contribution in [0.25, 0.3) is 0 Å². The van der Waals surface area contributed by atoms with Gasteiger partial charge in [0.1, 0.15) is 0 Å².